The SMILES string of the molecule is Cc1cc(NC(=O)CNCC2CC2)ccc1[N+](=O)[O-]. The molecule has 6 heteroatoms. The third-order valence-corrected chi connectivity index (χ3v) is 3.09. The van der Waals surface area contributed by atoms with Gasteiger partial charge in [-0.1, -0.05) is 0 Å². The number of hydrogen-bond donors (Lipinski definition) is 2. The fraction of sp³-hybridized carbons (Fsp3) is 0.462. The number of nitro benzene ring substituents is 1. The molecule has 0 spiro atoms. The van der Waals surface area contributed by atoms with Gasteiger partial charge in [0.25, 0.3) is 5.69 Å². The lowest BCUT2D eigenvalue weighted by Crippen LogP contribution is -2.29. The maximum Gasteiger partial charge on any atom is 0.272 e. The van der Waals surface area contributed by atoms with Crippen LogP contribution < -0.4 is 10.6 Å². The lowest BCUT2D eigenvalue weighted by Gasteiger charge is -2.07. The summed E-state index contributed by atoms with van der Waals surface area (Å²) < 4.78 is 0. The van der Waals surface area contributed by atoms with Crippen LogP contribution in [0.2, 0.25) is 0 Å². The van der Waals surface area contributed by atoms with Crippen molar-refractivity contribution in [3.05, 3.63) is 33.9 Å². The molecule has 2 N–H and O–H groups in total. The molecule has 1 amide bonds. The largest absolute Gasteiger partial charge is 0.325 e. The molecule has 2 rings (SSSR count). The van der Waals surface area contributed by atoms with Gasteiger partial charge in [0.15, 0.2) is 0 Å². The number of carbonyl (C=O) groups excluding carboxylic acids is 1. The maximum atomic E-state index is 11.6. The normalized spacial score (nSPS) is 14.2. The quantitative estimate of drug-likeness (QED) is 0.606. The Morgan fingerprint density at radius 3 is 2.79 bits per heavy atom. The summed E-state index contributed by atoms with van der Waals surface area (Å²) in [6.45, 7) is 2.80. The van der Waals surface area contributed by atoms with Crippen LogP contribution in [-0.2, 0) is 4.79 Å². The smallest absolute Gasteiger partial charge is 0.272 e. The number of benzene rings is 1. The van der Waals surface area contributed by atoms with Crippen LogP contribution in [0.15, 0.2) is 18.2 Å². The Labute approximate surface area is 111 Å². The molecule has 0 aliphatic heterocycles. The fourth-order valence-electron chi connectivity index (χ4n) is 1.86. The first-order chi connectivity index (χ1) is 9.06. The summed E-state index contributed by atoms with van der Waals surface area (Å²) in [5, 5.41) is 16.5. The van der Waals surface area contributed by atoms with E-state index in [1.807, 2.05) is 0 Å². The van der Waals surface area contributed by atoms with E-state index in [0.717, 1.165) is 12.5 Å². The van der Waals surface area contributed by atoms with E-state index in [1.54, 1.807) is 19.1 Å². The van der Waals surface area contributed by atoms with Crippen LogP contribution in [0.3, 0.4) is 0 Å². The summed E-state index contributed by atoms with van der Waals surface area (Å²) >= 11 is 0. The number of rotatable bonds is 6. The molecule has 0 aromatic heterocycles. The van der Waals surface area contributed by atoms with Gasteiger partial charge in [0.2, 0.25) is 5.91 Å². The predicted molar refractivity (Wildman–Crippen MR) is 72.1 cm³/mol. The Kier molecular flexibility index (Phi) is 4.11. The van der Waals surface area contributed by atoms with E-state index in [4.69, 9.17) is 0 Å². The van der Waals surface area contributed by atoms with Gasteiger partial charge in [-0.05, 0) is 44.4 Å². The highest BCUT2D eigenvalue weighted by Gasteiger charge is 2.20. The van der Waals surface area contributed by atoms with Crippen LogP contribution in [0.4, 0.5) is 11.4 Å². The van der Waals surface area contributed by atoms with Gasteiger partial charge >= 0.3 is 0 Å². The van der Waals surface area contributed by atoms with E-state index in [9.17, 15) is 14.9 Å². The van der Waals surface area contributed by atoms with Crippen molar-refractivity contribution in [2.45, 2.75) is 19.8 Å². The number of nitrogens with one attached hydrogen (secondary N) is 2. The van der Waals surface area contributed by atoms with Crippen LogP contribution in [-0.4, -0.2) is 23.9 Å². The van der Waals surface area contributed by atoms with Crippen molar-refractivity contribution in [2.75, 3.05) is 18.4 Å². The second kappa shape index (κ2) is 5.79. The molecule has 0 unspecified atom stereocenters. The molecule has 0 bridgehead atoms. The zero-order chi connectivity index (χ0) is 13.8. The van der Waals surface area contributed by atoms with Crippen molar-refractivity contribution in [3.63, 3.8) is 0 Å². The molecular formula is C13H17N3O3. The second-order valence-corrected chi connectivity index (χ2v) is 4.88. The van der Waals surface area contributed by atoms with Crippen LogP contribution in [0, 0.1) is 23.0 Å². The number of amides is 1. The number of anilines is 1. The van der Waals surface area contributed by atoms with E-state index in [2.05, 4.69) is 10.6 Å². The van der Waals surface area contributed by atoms with Gasteiger partial charge in [0.05, 0.1) is 11.5 Å². The van der Waals surface area contributed by atoms with Crippen molar-refractivity contribution in [2.24, 2.45) is 5.92 Å². The molecule has 1 fully saturated rings. The number of nitrogens with zero attached hydrogens (tertiary/aromatic N) is 1. The Morgan fingerprint density at radius 2 is 2.21 bits per heavy atom. The number of nitro groups is 1. The van der Waals surface area contributed by atoms with Crippen molar-refractivity contribution in [3.8, 4) is 0 Å². The Bertz CT molecular complexity index is 498. The van der Waals surface area contributed by atoms with Crippen LogP contribution in [0.1, 0.15) is 18.4 Å². The lowest BCUT2D eigenvalue weighted by molar-refractivity contribution is -0.385. The third-order valence-electron chi connectivity index (χ3n) is 3.09. The minimum atomic E-state index is -0.432. The predicted octanol–water partition coefficient (Wildman–Crippen LogP) is 1.84. The first-order valence-corrected chi connectivity index (χ1v) is 6.32. The topological polar surface area (TPSA) is 84.3 Å². The van der Waals surface area contributed by atoms with Crippen molar-refractivity contribution in [1.82, 2.24) is 5.32 Å². The van der Waals surface area contributed by atoms with E-state index < -0.39 is 4.92 Å². The summed E-state index contributed by atoms with van der Waals surface area (Å²) in [6, 6.07) is 4.56. The Balaban J connectivity index is 1.85. The molecule has 1 saturated carbocycles. The Morgan fingerprint density at radius 1 is 1.47 bits per heavy atom. The molecular weight excluding hydrogens is 246 g/mol. The molecule has 0 atom stereocenters. The van der Waals surface area contributed by atoms with E-state index in [1.165, 1.54) is 18.9 Å². The average Bonchev–Trinajstić information content (AvgIpc) is 3.12. The van der Waals surface area contributed by atoms with Crippen molar-refractivity contribution in [1.29, 1.82) is 0 Å². The second-order valence-electron chi connectivity index (χ2n) is 4.88. The summed E-state index contributed by atoms with van der Waals surface area (Å²) in [4.78, 5) is 21.9. The van der Waals surface area contributed by atoms with Crippen molar-refractivity contribution < 1.29 is 9.72 Å². The molecule has 6 nitrogen and oxygen atoms in total. The molecule has 1 aromatic carbocycles. The number of aryl methyl sites for hydroxylation is 1. The summed E-state index contributed by atoms with van der Waals surface area (Å²) in [7, 11) is 0. The number of carbonyl (C=O) groups is 1. The lowest BCUT2D eigenvalue weighted by atomic mass is 10.2. The average molecular weight is 263 g/mol. The van der Waals surface area contributed by atoms with Gasteiger partial charge in [0.1, 0.15) is 0 Å². The highest BCUT2D eigenvalue weighted by molar-refractivity contribution is 5.92. The van der Waals surface area contributed by atoms with Crippen LogP contribution >= 0.6 is 0 Å². The van der Waals surface area contributed by atoms with E-state index in [0.29, 0.717) is 11.3 Å². The maximum absolute atomic E-state index is 11.6. The molecule has 19 heavy (non-hydrogen) atoms. The summed E-state index contributed by atoms with van der Waals surface area (Å²) in [6.07, 6.45) is 2.49. The molecule has 0 saturated heterocycles. The zero-order valence-corrected chi connectivity index (χ0v) is 10.8. The van der Waals surface area contributed by atoms with Gasteiger partial charge in [0, 0.05) is 17.3 Å². The minimum absolute atomic E-state index is 0.0601. The van der Waals surface area contributed by atoms with Gasteiger partial charge in [-0.15, -0.1) is 0 Å². The third kappa shape index (κ3) is 4.03. The highest BCUT2D eigenvalue weighted by atomic mass is 16.6. The van der Waals surface area contributed by atoms with Crippen LogP contribution in [0.25, 0.3) is 0 Å². The molecule has 1 aromatic rings. The monoisotopic (exact) mass is 263 g/mol. The van der Waals surface area contributed by atoms with E-state index >= 15 is 0 Å². The first-order valence-electron chi connectivity index (χ1n) is 6.32. The highest BCUT2D eigenvalue weighted by Crippen LogP contribution is 2.27. The van der Waals surface area contributed by atoms with Gasteiger partial charge < -0.3 is 10.6 Å². The van der Waals surface area contributed by atoms with Crippen LogP contribution in [0.5, 0.6) is 0 Å². The molecule has 1 aliphatic rings. The molecule has 0 radical (unpaired) electrons. The Hall–Kier alpha value is -1.95. The van der Waals surface area contributed by atoms with E-state index in [-0.39, 0.29) is 18.1 Å². The zero-order valence-electron chi connectivity index (χ0n) is 10.8. The van der Waals surface area contributed by atoms with Crippen molar-refractivity contribution >= 4 is 17.3 Å². The van der Waals surface area contributed by atoms with Gasteiger partial charge in [-0.2, -0.15) is 0 Å². The van der Waals surface area contributed by atoms with Gasteiger partial charge in [-0.25, -0.2) is 0 Å². The number of hydrogen-bond acceptors (Lipinski definition) is 4. The standard InChI is InChI=1S/C13H17N3O3/c1-9-6-11(4-5-12(9)16(18)19)15-13(17)8-14-7-10-2-3-10/h4-6,10,14H,2-3,7-8H2,1H3,(H,15,17). The molecule has 102 valence electrons. The van der Waals surface area contributed by atoms with Gasteiger partial charge in [-0.3, -0.25) is 14.9 Å². The fourth-order valence-corrected chi connectivity index (χ4v) is 1.86. The molecule has 0 heterocycles. The minimum Gasteiger partial charge on any atom is -0.325 e. The molecule has 1 aliphatic carbocycles. The summed E-state index contributed by atoms with van der Waals surface area (Å²) in [5.74, 6) is 0.600. The first kappa shape index (κ1) is 13.5. The summed E-state index contributed by atoms with van der Waals surface area (Å²) in [5.41, 5.74) is 1.18.